The third-order valence-electron chi connectivity index (χ3n) is 1.83. The Morgan fingerprint density at radius 1 is 1.21 bits per heavy atom. The normalized spacial score (nSPS) is 15.4. The second-order valence-corrected chi connectivity index (χ2v) is 3.13. The number of alkyl halides is 5. The van der Waals surface area contributed by atoms with Gasteiger partial charge in [-0.3, -0.25) is 4.79 Å². The number of halogens is 5. The van der Waals surface area contributed by atoms with E-state index < -0.39 is 23.8 Å². The van der Waals surface area contributed by atoms with Crippen LogP contribution >= 0.6 is 0 Å². The molecule has 84 valence electrons. The van der Waals surface area contributed by atoms with Crippen LogP contribution in [0.25, 0.3) is 0 Å². The van der Waals surface area contributed by atoms with E-state index in [9.17, 15) is 26.7 Å². The Kier molecular flexibility index (Phi) is 4.02. The van der Waals surface area contributed by atoms with Crippen molar-refractivity contribution in [2.75, 3.05) is 0 Å². The molecule has 0 aromatic carbocycles. The highest BCUT2D eigenvalue weighted by Gasteiger charge is 2.63. The third kappa shape index (κ3) is 2.65. The lowest BCUT2D eigenvalue weighted by atomic mass is 9.96. The van der Waals surface area contributed by atoms with Gasteiger partial charge in [-0.1, -0.05) is 20.3 Å². The summed E-state index contributed by atoms with van der Waals surface area (Å²) in [6, 6.07) is 0. The topological polar surface area (TPSA) is 17.1 Å². The summed E-state index contributed by atoms with van der Waals surface area (Å²) in [5, 5.41) is 0. The SMILES string of the molecule is CCCC(C)C(=O)C(F)(F)C(F)(F)F. The van der Waals surface area contributed by atoms with E-state index >= 15 is 0 Å². The van der Waals surface area contributed by atoms with Crippen molar-refractivity contribution in [2.24, 2.45) is 5.92 Å². The van der Waals surface area contributed by atoms with Crippen molar-refractivity contribution >= 4 is 5.78 Å². The standard InChI is InChI=1S/C8H11F5O/c1-3-4-5(2)6(14)7(9,10)8(11,12)13/h5H,3-4H2,1-2H3. The maximum atomic E-state index is 12.4. The van der Waals surface area contributed by atoms with E-state index in [0.29, 0.717) is 6.42 Å². The molecule has 0 spiro atoms. The molecular formula is C8H11F5O. The largest absolute Gasteiger partial charge is 0.461 e. The summed E-state index contributed by atoms with van der Waals surface area (Å²) in [7, 11) is 0. The molecule has 0 saturated heterocycles. The quantitative estimate of drug-likeness (QED) is 0.662. The van der Waals surface area contributed by atoms with E-state index in [2.05, 4.69) is 0 Å². The van der Waals surface area contributed by atoms with Gasteiger partial charge in [-0.05, 0) is 6.42 Å². The molecule has 0 rings (SSSR count). The van der Waals surface area contributed by atoms with Crippen molar-refractivity contribution in [3.63, 3.8) is 0 Å². The van der Waals surface area contributed by atoms with Crippen LogP contribution < -0.4 is 0 Å². The van der Waals surface area contributed by atoms with Gasteiger partial charge in [0.1, 0.15) is 0 Å². The fraction of sp³-hybridized carbons (Fsp3) is 0.875. The molecule has 0 fully saturated rings. The van der Waals surface area contributed by atoms with Crippen LogP contribution in [0.2, 0.25) is 0 Å². The average Bonchev–Trinajstić information content (AvgIpc) is 2.01. The lowest BCUT2D eigenvalue weighted by molar-refractivity contribution is -0.270. The van der Waals surface area contributed by atoms with Gasteiger partial charge in [-0.25, -0.2) is 0 Å². The molecule has 0 amide bonds. The Labute approximate surface area is 78.3 Å². The van der Waals surface area contributed by atoms with E-state index in [1.807, 2.05) is 0 Å². The molecule has 14 heavy (non-hydrogen) atoms. The van der Waals surface area contributed by atoms with Crippen molar-refractivity contribution in [1.82, 2.24) is 0 Å². The lowest BCUT2D eigenvalue weighted by Gasteiger charge is -2.21. The number of hydrogen-bond acceptors (Lipinski definition) is 1. The molecule has 0 aromatic rings. The molecule has 0 aliphatic heterocycles. The summed E-state index contributed by atoms with van der Waals surface area (Å²) in [5.41, 5.74) is 0. The lowest BCUT2D eigenvalue weighted by Crippen LogP contribution is -2.46. The molecule has 0 saturated carbocycles. The summed E-state index contributed by atoms with van der Waals surface area (Å²) in [6.45, 7) is 2.68. The van der Waals surface area contributed by atoms with Gasteiger partial charge in [-0.15, -0.1) is 0 Å². The summed E-state index contributed by atoms with van der Waals surface area (Å²) in [6.07, 6.45) is -5.36. The Morgan fingerprint density at radius 2 is 1.64 bits per heavy atom. The van der Waals surface area contributed by atoms with Crippen LogP contribution in [0.3, 0.4) is 0 Å². The maximum absolute atomic E-state index is 12.4. The second-order valence-electron chi connectivity index (χ2n) is 3.13. The Morgan fingerprint density at radius 3 is 1.93 bits per heavy atom. The minimum atomic E-state index is -5.79. The number of hydrogen-bond donors (Lipinski definition) is 0. The molecule has 0 N–H and O–H groups in total. The Balaban J connectivity index is 4.67. The molecule has 0 bridgehead atoms. The van der Waals surface area contributed by atoms with Gasteiger partial charge in [0.2, 0.25) is 5.78 Å². The van der Waals surface area contributed by atoms with Crippen LogP contribution in [-0.2, 0) is 4.79 Å². The zero-order chi connectivity index (χ0) is 11.6. The molecule has 0 radical (unpaired) electrons. The first kappa shape index (κ1) is 13.3. The molecule has 1 atom stereocenters. The van der Waals surface area contributed by atoms with Crippen LogP contribution in [0.15, 0.2) is 0 Å². The first-order valence-electron chi connectivity index (χ1n) is 4.13. The molecule has 0 aliphatic carbocycles. The van der Waals surface area contributed by atoms with Gasteiger partial charge in [-0.2, -0.15) is 22.0 Å². The monoisotopic (exact) mass is 218 g/mol. The van der Waals surface area contributed by atoms with Gasteiger partial charge in [0.15, 0.2) is 0 Å². The smallest absolute Gasteiger partial charge is 0.292 e. The molecule has 0 aromatic heterocycles. The van der Waals surface area contributed by atoms with E-state index in [1.165, 1.54) is 0 Å². The predicted molar refractivity (Wildman–Crippen MR) is 40.1 cm³/mol. The van der Waals surface area contributed by atoms with Gasteiger partial charge in [0.05, 0.1) is 0 Å². The number of rotatable bonds is 4. The molecule has 1 nitrogen and oxygen atoms in total. The highest BCUT2D eigenvalue weighted by atomic mass is 19.4. The predicted octanol–water partition coefficient (Wildman–Crippen LogP) is 3.19. The van der Waals surface area contributed by atoms with Crippen molar-refractivity contribution < 1.29 is 26.7 Å². The van der Waals surface area contributed by atoms with Crippen LogP contribution in [0.1, 0.15) is 26.7 Å². The van der Waals surface area contributed by atoms with Crippen LogP contribution in [0.4, 0.5) is 22.0 Å². The zero-order valence-corrected chi connectivity index (χ0v) is 7.79. The van der Waals surface area contributed by atoms with Crippen molar-refractivity contribution in [3.8, 4) is 0 Å². The molecular weight excluding hydrogens is 207 g/mol. The number of ketones is 1. The molecule has 1 unspecified atom stereocenters. The highest BCUT2D eigenvalue weighted by Crippen LogP contribution is 2.38. The third-order valence-corrected chi connectivity index (χ3v) is 1.83. The van der Waals surface area contributed by atoms with Crippen LogP contribution in [0.5, 0.6) is 0 Å². The number of carbonyl (C=O) groups is 1. The number of carbonyl (C=O) groups excluding carboxylic acids is 1. The first-order chi connectivity index (χ1) is 6.14. The molecule has 0 heterocycles. The van der Waals surface area contributed by atoms with Crippen molar-refractivity contribution in [3.05, 3.63) is 0 Å². The first-order valence-corrected chi connectivity index (χ1v) is 4.13. The Bertz CT molecular complexity index is 208. The molecule has 0 aliphatic rings. The van der Waals surface area contributed by atoms with Gasteiger partial charge in [0.25, 0.3) is 0 Å². The van der Waals surface area contributed by atoms with E-state index in [1.54, 1.807) is 6.92 Å². The molecule has 6 heteroatoms. The summed E-state index contributed by atoms with van der Waals surface area (Å²) in [5.74, 6) is -8.54. The Hall–Kier alpha value is -0.680. The summed E-state index contributed by atoms with van der Waals surface area (Å²) >= 11 is 0. The minimum Gasteiger partial charge on any atom is -0.292 e. The van der Waals surface area contributed by atoms with E-state index in [0.717, 1.165) is 6.92 Å². The van der Waals surface area contributed by atoms with Gasteiger partial charge < -0.3 is 0 Å². The van der Waals surface area contributed by atoms with E-state index in [4.69, 9.17) is 0 Å². The van der Waals surface area contributed by atoms with E-state index in [-0.39, 0.29) is 6.42 Å². The number of Topliss-reactive ketones (excluding diaryl/α,β-unsaturated/α-hetero) is 1. The fourth-order valence-corrected chi connectivity index (χ4v) is 1.01. The minimum absolute atomic E-state index is 0.0322. The van der Waals surface area contributed by atoms with Crippen LogP contribution in [-0.4, -0.2) is 17.9 Å². The summed E-state index contributed by atoms with van der Waals surface area (Å²) in [4.78, 5) is 10.7. The second kappa shape index (κ2) is 4.23. The van der Waals surface area contributed by atoms with Gasteiger partial charge in [0, 0.05) is 5.92 Å². The zero-order valence-electron chi connectivity index (χ0n) is 7.79. The van der Waals surface area contributed by atoms with Crippen molar-refractivity contribution in [2.45, 2.75) is 38.8 Å². The fourth-order valence-electron chi connectivity index (χ4n) is 1.01. The average molecular weight is 218 g/mol. The van der Waals surface area contributed by atoms with Gasteiger partial charge >= 0.3 is 12.1 Å². The van der Waals surface area contributed by atoms with Crippen molar-refractivity contribution in [1.29, 1.82) is 0 Å². The highest BCUT2D eigenvalue weighted by molar-refractivity contribution is 5.88. The maximum Gasteiger partial charge on any atom is 0.461 e. The van der Waals surface area contributed by atoms with Crippen LogP contribution in [0, 0.1) is 5.92 Å². The summed E-state index contributed by atoms with van der Waals surface area (Å²) < 4.78 is 60.0.